The molecule has 0 bridgehead atoms. The van der Waals surface area contributed by atoms with E-state index in [1.807, 2.05) is 47.4 Å². The molecule has 1 fully saturated rings. The van der Waals surface area contributed by atoms with Gasteiger partial charge in [-0.3, -0.25) is 4.79 Å². The summed E-state index contributed by atoms with van der Waals surface area (Å²) in [5.74, 6) is 1.79. The zero-order valence-electron chi connectivity index (χ0n) is 18.6. The van der Waals surface area contributed by atoms with E-state index >= 15 is 0 Å². The van der Waals surface area contributed by atoms with Crippen LogP contribution in [0, 0.1) is 5.92 Å². The van der Waals surface area contributed by atoms with E-state index in [-0.39, 0.29) is 17.9 Å². The third kappa shape index (κ3) is 3.70. The van der Waals surface area contributed by atoms with Crippen LogP contribution in [0.25, 0.3) is 11.3 Å². The lowest BCUT2D eigenvalue weighted by Gasteiger charge is -2.35. The molecule has 0 spiro atoms. The van der Waals surface area contributed by atoms with Crippen molar-refractivity contribution in [2.24, 2.45) is 5.92 Å². The number of rotatable bonds is 4. The highest BCUT2D eigenvalue weighted by atomic mass is 16.5. The summed E-state index contributed by atoms with van der Waals surface area (Å²) >= 11 is 0. The average molecular weight is 429 g/mol. The number of carbonyl (C=O) groups excluding carboxylic acids is 1. The van der Waals surface area contributed by atoms with Crippen LogP contribution in [0.3, 0.4) is 0 Å². The van der Waals surface area contributed by atoms with E-state index in [0.717, 1.165) is 54.3 Å². The highest BCUT2D eigenvalue weighted by Gasteiger charge is 2.36. The quantitative estimate of drug-likeness (QED) is 0.619. The van der Waals surface area contributed by atoms with Crippen molar-refractivity contribution in [2.45, 2.75) is 32.2 Å². The first-order valence-corrected chi connectivity index (χ1v) is 11.3. The maximum Gasteiger partial charge on any atom is 0.232 e. The summed E-state index contributed by atoms with van der Waals surface area (Å²) in [5.41, 5.74) is 4.03. The van der Waals surface area contributed by atoms with E-state index in [2.05, 4.69) is 40.2 Å². The van der Waals surface area contributed by atoms with Gasteiger partial charge in [0.15, 0.2) is 5.82 Å². The fourth-order valence-corrected chi connectivity index (χ4v) is 4.98. The molecule has 2 aliphatic rings. The molecule has 0 N–H and O–H groups in total. The molecule has 0 radical (unpaired) electrons. The van der Waals surface area contributed by atoms with Crippen LogP contribution in [0.5, 0.6) is 5.75 Å². The lowest BCUT2D eigenvalue weighted by atomic mass is 9.96. The summed E-state index contributed by atoms with van der Waals surface area (Å²) in [6.45, 7) is 3.70. The molecule has 3 aromatic rings. The number of anilines is 2. The first-order valence-electron chi connectivity index (χ1n) is 11.3. The minimum atomic E-state index is -0.0342. The van der Waals surface area contributed by atoms with Gasteiger partial charge < -0.3 is 14.5 Å². The van der Waals surface area contributed by atoms with Gasteiger partial charge in [0.2, 0.25) is 5.91 Å². The predicted molar refractivity (Wildman–Crippen MR) is 126 cm³/mol. The maximum atomic E-state index is 13.5. The maximum absolute atomic E-state index is 13.5. The largest absolute Gasteiger partial charge is 0.496 e. The number of para-hydroxylation sites is 2. The zero-order chi connectivity index (χ0) is 22.1. The van der Waals surface area contributed by atoms with E-state index in [0.29, 0.717) is 6.54 Å². The predicted octanol–water partition coefficient (Wildman–Crippen LogP) is 4.35. The highest BCUT2D eigenvalue weighted by Crippen LogP contribution is 2.35. The fourth-order valence-electron chi connectivity index (χ4n) is 4.98. The van der Waals surface area contributed by atoms with Crippen molar-refractivity contribution in [3.05, 3.63) is 66.2 Å². The number of methoxy groups -OCH3 is 1. The molecule has 0 aliphatic carbocycles. The molecule has 2 atom stereocenters. The van der Waals surface area contributed by atoms with E-state index < -0.39 is 0 Å². The smallest absolute Gasteiger partial charge is 0.232 e. The van der Waals surface area contributed by atoms with E-state index in [1.54, 1.807) is 7.11 Å². The molecular formula is C26H28N4O2. The van der Waals surface area contributed by atoms with Gasteiger partial charge in [-0.05, 0) is 62.1 Å². The second-order valence-electron chi connectivity index (χ2n) is 8.65. The van der Waals surface area contributed by atoms with Crippen molar-refractivity contribution in [2.75, 3.05) is 30.0 Å². The summed E-state index contributed by atoms with van der Waals surface area (Å²) in [4.78, 5) is 17.7. The Morgan fingerprint density at radius 1 is 1.03 bits per heavy atom. The average Bonchev–Trinajstić information content (AvgIpc) is 3.19. The third-order valence-electron chi connectivity index (χ3n) is 6.57. The molecule has 2 aromatic carbocycles. The van der Waals surface area contributed by atoms with Crippen molar-refractivity contribution in [3.8, 4) is 17.0 Å². The van der Waals surface area contributed by atoms with E-state index in [1.165, 1.54) is 5.56 Å². The zero-order valence-corrected chi connectivity index (χ0v) is 18.6. The number of ether oxygens (including phenoxy) is 1. The van der Waals surface area contributed by atoms with Crippen LogP contribution in [-0.2, 0) is 11.2 Å². The van der Waals surface area contributed by atoms with Gasteiger partial charge in [-0.1, -0.05) is 30.3 Å². The number of benzene rings is 2. The summed E-state index contributed by atoms with van der Waals surface area (Å²) in [5, 5.41) is 8.95. The molecule has 32 heavy (non-hydrogen) atoms. The first kappa shape index (κ1) is 20.5. The number of aromatic nitrogens is 2. The summed E-state index contributed by atoms with van der Waals surface area (Å²) in [6, 6.07) is 20.2. The molecule has 3 heterocycles. The molecule has 164 valence electrons. The SMILES string of the molecule is COc1ccccc1-c1ccc(N2CCCC(C(=O)N3c4ccccc4CC3C)C2)nn1. The molecule has 2 unspecified atom stereocenters. The Labute approximate surface area is 188 Å². The second-order valence-corrected chi connectivity index (χ2v) is 8.65. The number of piperidine rings is 1. The van der Waals surface area contributed by atoms with Crippen molar-refractivity contribution in [1.29, 1.82) is 0 Å². The first-order chi connectivity index (χ1) is 15.7. The Morgan fingerprint density at radius 2 is 1.84 bits per heavy atom. The van der Waals surface area contributed by atoms with Gasteiger partial charge in [0.05, 0.1) is 18.7 Å². The third-order valence-corrected chi connectivity index (χ3v) is 6.57. The molecule has 1 aromatic heterocycles. The number of amides is 1. The van der Waals surface area contributed by atoms with Gasteiger partial charge in [0, 0.05) is 30.4 Å². The standard InChI is InChI=1S/C26H28N4O2/c1-18-16-19-8-3-5-11-23(19)30(18)26(31)20-9-7-15-29(17-20)25-14-13-22(27-28-25)21-10-4-6-12-24(21)32-2/h3-6,8,10-14,18,20H,7,9,15-17H2,1-2H3. The van der Waals surface area contributed by atoms with Crippen LogP contribution >= 0.6 is 0 Å². The van der Waals surface area contributed by atoms with Crippen LogP contribution in [0.2, 0.25) is 0 Å². The number of hydrogen-bond donors (Lipinski definition) is 0. The Bertz CT molecular complexity index is 1110. The summed E-state index contributed by atoms with van der Waals surface area (Å²) < 4.78 is 5.45. The Morgan fingerprint density at radius 3 is 2.66 bits per heavy atom. The lowest BCUT2D eigenvalue weighted by molar-refractivity contribution is -0.122. The molecule has 0 saturated carbocycles. The van der Waals surface area contributed by atoms with Crippen molar-refractivity contribution < 1.29 is 9.53 Å². The summed E-state index contributed by atoms with van der Waals surface area (Å²) in [7, 11) is 1.66. The number of carbonyl (C=O) groups is 1. The van der Waals surface area contributed by atoms with Gasteiger partial charge in [0.1, 0.15) is 5.75 Å². The fraction of sp³-hybridized carbons (Fsp3) is 0.346. The number of nitrogens with zero attached hydrogens (tertiary/aromatic N) is 4. The Kier molecular flexibility index (Phi) is 5.52. The van der Waals surface area contributed by atoms with Crippen molar-refractivity contribution in [1.82, 2.24) is 10.2 Å². The van der Waals surface area contributed by atoms with Gasteiger partial charge >= 0.3 is 0 Å². The van der Waals surface area contributed by atoms with Crippen molar-refractivity contribution >= 4 is 17.4 Å². The van der Waals surface area contributed by atoms with E-state index in [9.17, 15) is 4.79 Å². The number of fused-ring (bicyclic) bond motifs is 1. The van der Waals surface area contributed by atoms with Crippen LogP contribution in [0.4, 0.5) is 11.5 Å². The Hall–Kier alpha value is -3.41. The van der Waals surface area contributed by atoms with Crippen molar-refractivity contribution in [3.63, 3.8) is 0 Å². The van der Waals surface area contributed by atoms with Crippen LogP contribution in [0.15, 0.2) is 60.7 Å². The van der Waals surface area contributed by atoms with Crippen LogP contribution in [-0.4, -0.2) is 42.3 Å². The van der Waals surface area contributed by atoms with Gasteiger partial charge in [-0.15, -0.1) is 10.2 Å². The molecule has 5 rings (SSSR count). The van der Waals surface area contributed by atoms with Gasteiger partial charge in [-0.2, -0.15) is 0 Å². The molecule has 2 aliphatic heterocycles. The molecule has 1 amide bonds. The minimum absolute atomic E-state index is 0.0342. The van der Waals surface area contributed by atoms with Crippen LogP contribution in [0.1, 0.15) is 25.3 Å². The molecule has 1 saturated heterocycles. The second kappa shape index (κ2) is 8.61. The summed E-state index contributed by atoms with van der Waals surface area (Å²) in [6.07, 6.45) is 2.80. The van der Waals surface area contributed by atoms with Crippen LogP contribution < -0.4 is 14.5 Å². The molecule has 6 heteroatoms. The highest BCUT2D eigenvalue weighted by molar-refractivity contribution is 5.98. The normalized spacial score (nSPS) is 20.2. The number of hydrogen-bond acceptors (Lipinski definition) is 5. The topological polar surface area (TPSA) is 58.6 Å². The minimum Gasteiger partial charge on any atom is -0.496 e. The monoisotopic (exact) mass is 428 g/mol. The lowest BCUT2D eigenvalue weighted by Crippen LogP contribution is -2.47. The van der Waals surface area contributed by atoms with Gasteiger partial charge in [0.25, 0.3) is 0 Å². The van der Waals surface area contributed by atoms with Gasteiger partial charge in [-0.25, -0.2) is 0 Å². The molecule has 6 nitrogen and oxygen atoms in total. The molecular weight excluding hydrogens is 400 g/mol. The van der Waals surface area contributed by atoms with E-state index in [4.69, 9.17) is 4.74 Å². The Balaban J connectivity index is 1.33.